The molecule has 2 aromatic carbocycles. The molecule has 31 heavy (non-hydrogen) atoms. The summed E-state index contributed by atoms with van der Waals surface area (Å²) >= 11 is 1.80. The Labute approximate surface area is 188 Å². The summed E-state index contributed by atoms with van der Waals surface area (Å²) in [7, 11) is 0. The lowest BCUT2D eigenvalue weighted by molar-refractivity contribution is 0.721. The summed E-state index contributed by atoms with van der Waals surface area (Å²) in [4.78, 5) is 12.0. The van der Waals surface area contributed by atoms with Gasteiger partial charge in [0.05, 0.1) is 12.0 Å². The summed E-state index contributed by atoms with van der Waals surface area (Å²) < 4.78 is 0. The van der Waals surface area contributed by atoms with Gasteiger partial charge < -0.3 is 10.3 Å². The summed E-state index contributed by atoms with van der Waals surface area (Å²) in [5.74, 6) is 2.56. The van der Waals surface area contributed by atoms with E-state index in [9.17, 15) is 0 Å². The van der Waals surface area contributed by atoms with E-state index in [4.69, 9.17) is 5.26 Å². The number of benzene rings is 2. The van der Waals surface area contributed by atoms with Crippen LogP contribution < -0.4 is 10.6 Å². The summed E-state index contributed by atoms with van der Waals surface area (Å²) in [6.07, 6.45) is 4.56. The molecule has 0 spiro atoms. The van der Waals surface area contributed by atoms with Crippen LogP contribution in [-0.4, -0.2) is 34.8 Å². The van der Waals surface area contributed by atoms with Crippen LogP contribution in [0.2, 0.25) is 0 Å². The third kappa shape index (κ3) is 7.19. The molecule has 0 fully saturated rings. The Morgan fingerprint density at radius 2 is 1.81 bits per heavy atom. The lowest BCUT2D eigenvalue weighted by Gasteiger charge is -2.17. The maximum Gasteiger partial charge on any atom is 0.204 e. The second-order valence-corrected chi connectivity index (χ2v) is 8.19. The third-order valence-electron chi connectivity index (χ3n) is 4.98. The minimum atomic E-state index is 0.266. The van der Waals surface area contributed by atoms with E-state index in [0.29, 0.717) is 12.5 Å². The predicted molar refractivity (Wildman–Crippen MR) is 128 cm³/mol. The van der Waals surface area contributed by atoms with Crippen molar-refractivity contribution in [3.63, 3.8) is 0 Å². The average molecular weight is 433 g/mol. The third-order valence-corrected chi connectivity index (χ3v) is 5.95. The van der Waals surface area contributed by atoms with Crippen molar-refractivity contribution in [1.82, 2.24) is 20.6 Å². The van der Waals surface area contributed by atoms with E-state index in [1.807, 2.05) is 25.2 Å². The molecule has 7 heteroatoms. The van der Waals surface area contributed by atoms with Gasteiger partial charge in [-0.05, 0) is 24.5 Å². The van der Waals surface area contributed by atoms with Gasteiger partial charge in [-0.15, -0.1) is 0 Å². The predicted octanol–water partition coefficient (Wildman–Crippen LogP) is 4.19. The van der Waals surface area contributed by atoms with Crippen LogP contribution in [0.3, 0.4) is 0 Å². The molecule has 0 atom stereocenters. The Morgan fingerprint density at radius 3 is 2.39 bits per heavy atom. The van der Waals surface area contributed by atoms with E-state index in [2.05, 4.69) is 74.1 Å². The fourth-order valence-corrected chi connectivity index (χ4v) is 4.21. The van der Waals surface area contributed by atoms with Gasteiger partial charge in [0, 0.05) is 36.2 Å². The van der Waals surface area contributed by atoms with Crippen LogP contribution in [-0.2, 0) is 5.75 Å². The summed E-state index contributed by atoms with van der Waals surface area (Å²) in [6, 6.07) is 21.0. The number of aromatic amines is 1. The maximum atomic E-state index is 9.06. The number of imidazole rings is 1. The lowest BCUT2D eigenvalue weighted by atomic mass is 9.89. The van der Waals surface area contributed by atoms with Crippen LogP contribution in [0.25, 0.3) is 0 Å². The number of nitrogens with one attached hydrogen (secondary N) is 3. The van der Waals surface area contributed by atoms with Gasteiger partial charge in [-0.3, -0.25) is 10.3 Å². The van der Waals surface area contributed by atoms with E-state index < -0.39 is 0 Å². The fraction of sp³-hybridized carbons (Fsp3) is 0.292. The Hall–Kier alpha value is -3.24. The molecule has 3 N–H and O–H groups in total. The lowest BCUT2D eigenvalue weighted by Crippen LogP contribution is -2.36. The first-order valence-corrected chi connectivity index (χ1v) is 11.5. The van der Waals surface area contributed by atoms with Gasteiger partial charge >= 0.3 is 0 Å². The number of hydrogen-bond donors (Lipinski definition) is 3. The summed E-state index contributed by atoms with van der Waals surface area (Å²) in [5, 5.41) is 15.0. The van der Waals surface area contributed by atoms with Gasteiger partial charge in [0.1, 0.15) is 0 Å². The molecule has 1 aromatic heterocycles. The second-order valence-electron chi connectivity index (χ2n) is 7.08. The summed E-state index contributed by atoms with van der Waals surface area (Å²) in [6.45, 7) is 3.37. The number of aryl methyl sites for hydroxylation is 1. The molecule has 0 aliphatic carbocycles. The van der Waals surface area contributed by atoms with Crippen LogP contribution in [0.4, 0.5) is 0 Å². The first-order chi connectivity index (χ1) is 15.3. The molecule has 1 heterocycles. The zero-order valence-electron chi connectivity index (χ0n) is 17.7. The van der Waals surface area contributed by atoms with Gasteiger partial charge in [-0.2, -0.15) is 17.0 Å². The highest BCUT2D eigenvalue weighted by Crippen LogP contribution is 2.27. The molecular formula is C24H28N6S. The van der Waals surface area contributed by atoms with Gasteiger partial charge in [0.15, 0.2) is 6.19 Å². The number of aliphatic imine (C=N–C) groups is 1. The molecule has 0 aliphatic rings. The topological polar surface area (TPSA) is 88.9 Å². The number of nitriles is 1. The van der Waals surface area contributed by atoms with Crippen molar-refractivity contribution in [2.45, 2.75) is 25.0 Å². The van der Waals surface area contributed by atoms with Gasteiger partial charge in [0.2, 0.25) is 5.96 Å². The van der Waals surface area contributed by atoms with E-state index in [1.54, 1.807) is 18.1 Å². The highest BCUT2D eigenvalue weighted by atomic mass is 32.2. The minimum absolute atomic E-state index is 0.266. The first kappa shape index (κ1) is 22.4. The fourth-order valence-electron chi connectivity index (χ4n) is 3.34. The van der Waals surface area contributed by atoms with Crippen molar-refractivity contribution in [3.05, 3.63) is 89.5 Å². The number of H-pyrrole nitrogens is 1. The Bertz CT molecular complexity index is 939. The zero-order valence-corrected chi connectivity index (χ0v) is 18.5. The van der Waals surface area contributed by atoms with Crippen molar-refractivity contribution >= 4 is 17.7 Å². The molecule has 3 aromatic rings. The van der Waals surface area contributed by atoms with Crippen molar-refractivity contribution in [2.75, 3.05) is 18.8 Å². The maximum absolute atomic E-state index is 9.06. The smallest absolute Gasteiger partial charge is 0.204 e. The van der Waals surface area contributed by atoms with Crippen LogP contribution in [0, 0.1) is 18.4 Å². The molecule has 0 saturated carbocycles. The normalized spacial score (nSPS) is 11.3. The van der Waals surface area contributed by atoms with E-state index in [1.165, 1.54) is 11.1 Å². The van der Waals surface area contributed by atoms with Crippen molar-refractivity contribution in [1.29, 1.82) is 5.26 Å². The first-order valence-electron chi connectivity index (χ1n) is 10.4. The van der Waals surface area contributed by atoms with Gasteiger partial charge in [-0.1, -0.05) is 60.7 Å². The number of thioether (sulfide) groups is 1. The van der Waals surface area contributed by atoms with Crippen LogP contribution in [0.15, 0.2) is 72.0 Å². The van der Waals surface area contributed by atoms with Gasteiger partial charge in [-0.25, -0.2) is 4.98 Å². The standard InChI is InChI=1S/C24H28N6S/c1-19-23(30-18-29-19)16-31-15-14-27-24(28-17-25)26-13-12-22(20-8-4-2-5-9-20)21-10-6-3-7-11-21/h2-11,18,22H,12-16H2,1H3,(H,29,30)(H2,26,27,28). The van der Waals surface area contributed by atoms with Crippen molar-refractivity contribution < 1.29 is 0 Å². The van der Waals surface area contributed by atoms with Crippen LogP contribution in [0.1, 0.15) is 34.9 Å². The van der Waals surface area contributed by atoms with E-state index >= 15 is 0 Å². The number of aromatic nitrogens is 2. The molecule has 0 amide bonds. The summed E-state index contributed by atoms with van der Waals surface area (Å²) in [5.41, 5.74) is 4.75. The number of hydrogen-bond acceptors (Lipinski definition) is 4. The molecule has 0 radical (unpaired) electrons. The highest BCUT2D eigenvalue weighted by Gasteiger charge is 2.13. The van der Waals surface area contributed by atoms with Crippen molar-refractivity contribution in [2.24, 2.45) is 4.99 Å². The SMILES string of the molecule is Cc1[nH]cnc1CSCCNC(=NCCC(c1ccccc1)c1ccccc1)NC#N. The Morgan fingerprint density at radius 1 is 1.13 bits per heavy atom. The van der Waals surface area contributed by atoms with Gasteiger partial charge in [0.25, 0.3) is 0 Å². The molecular weight excluding hydrogens is 404 g/mol. The van der Waals surface area contributed by atoms with E-state index in [0.717, 1.165) is 35.9 Å². The van der Waals surface area contributed by atoms with Crippen molar-refractivity contribution in [3.8, 4) is 6.19 Å². The number of guanidine groups is 1. The molecule has 0 aliphatic heterocycles. The van der Waals surface area contributed by atoms with Crippen LogP contribution >= 0.6 is 11.8 Å². The zero-order chi connectivity index (χ0) is 21.7. The second kappa shape index (κ2) is 12.5. The Balaban J connectivity index is 1.52. The molecule has 160 valence electrons. The monoisotopic (exact) mass is 432 g/mol. The highest BCUT2D eigenvalue weighted by molar-refractivity contribution is 7.98. The molecule has 3 rings (SSSR count). The molecule has 0 unspecified atom stereocenters. The largest absolute Gasteiger partial charge is 0.355 e. The molecule has 6 nitrogen and oxygen atoms in total. The molecule has 0 saturated heterocycles. The quantitative estimate of drug-likeness (QED) is 0.147. The van der Waals surface area contributed by atoms with Crippen LogP contribution in [0.5, 0.6) is 0 Å². The number of rotatable bonds is 10. The Kier molecular flexibility index (Phi) is 9.02. The average Bonchev–Trinajstić information content (AvgIpc) is 3.22. The number of nitrogens with zero attached hydrogens (tertiary/aromatic N) is 3. The minimum Gasteiger partial charge on any atom is -0.355 e. The van der Waals surface area contributed by atoms with E-state index in [-0.39, 0.29) is 5.92 Å². The molecule has 0 bridgehead atoms.